The molecule has 20 heavy (non-hydrogen) atoms. The van der Waals surface area contributed by atoms with Crippen LogP contribution in [0.4, 0.5) is 0 Å². The van der Waals surface area contributed by atoms with E-state index in [1.807, 2.05) is 6.92 Å². The van der Waals surface area contributed by atoms with Gasteiger partial charge >= 0.3 is 0 Å². The second-order valence-corrected chi connectivity index (χ2v) is 7.30. The predicted octanol–water partition coefficient (Wildman–Crippen LogP) is 0.963. The molecule has 0 spiro atoms. The minimum Gasteiger partial charge on any atom is -0.497 e. The molecule has 2 rings (SSSR count). The molecule has 0 radical (unpaired) electrons. The van der Waals surface area contributed by atoms with Crippen LogP contribution in [0.25, 0.3) is 0 Å². The number of hydrogen-bond acceptors (Lipinski definition) is 5. The Morgan fingerprint density at radius 1 is 1.45 bits per heavy atom. The van der Waals surface area contributed by atoms with Crippen LogP contribution >= 0.6 is 0 Å². The molecule has 1 aromatic carbocycles. The van der Waals surface area contributed by atoms with Crippen LogP contribution in [0.1, 0.15) is 22.3 Å². The molecule has 1 aromatic rings. The maximum Gasteiger partial charge on any atom is 0.164 e. The van der Waals surface area contributed by atoms with Crippen molar-refractivity contribution >= 4 is 15.6 Å². The smallest absolute Gasteiger partial charge is 0.164 e. The third kappa shape index (κ3) is 3.58. The number of ketones is 1. The molecule has 1 aliphatic rings. The highest BCUT2D eigenvalue weighted by atomic mass is 32.2. The van der Waals surface area contributed by atoms with E-state index < -0.39 is 9.84 Å². The van der Waals surface area contributed by atoms with Gasteiger partial charge in [0.15, 0.2) is 15.6 Å². The largest absolute Gasteiger partial charge is 0.497 e. The van der Waals surface area contributed by atoms with Crippen molar-refractivity contribution in [1.29, 1.82) is 0 Å². The lowest BCUT2D eigenvalue weighted by Crippen LogP contribution is -2.46. The lowest BCUT2D eigenvalue weighted by atomic mass is 10.00. The summed E-state index contributed by atoms with van der Waals surface area (Å²) in [4.78, 5) is 12.3. The first-order chi connectivity index (χ1) is 9.41. The zero-order valence-corrected chi connectivity index (χ0v) is 12.5. The fourth-order valence-corrected chi connectivity index (χ4v) is 3.85. The Morgan fingerprint density at radius 3 is 2.80 bits per heavy atom. The molecular weight excluding hydrogens is 278 g/mol. The summed E-state index contributed by atoms with van der Waals surface area (Å²) in [7, 11) is -1.44. The molecule has 1 aliphatic heterocycles. The van der Waals surface area contributed by atoms with Crippen molar-refractivity contribution in [3.63, 3.8) is 0 Å². The summed E-state index contributed by atoms with van der Waals surface area (Å²) >= 11 is 0. The normalized spacial score (nSPS) is 21.4. The Kier molecular flexibility index (Phi) is 4.45. The molecule has 5 nitrogen and oxygen atoms in total. The van der Waals surface area contributed by atoms with Crippen LogP contribution in [0.5, 0.6) is 5.75 Å². The number of ether oxygens (including phenoxy) is 1. The van der Waals surface area contributed by atoms with Crippen LogP contribution in [-0.2, 0) is 9.84 Å². The third-order valence-electron chi connectivity index (χ3n) is 3.47. The Morgan fingerprint density at radius 2 is 2.20 bits per heavy atom. The first-order valence-electron chi connectivity index (χ1n) is 6.53. The maximum atomic E-state index is 12.3. The number of nitrogens with one attached hydrogen (secondary N) is 1. The predicted molar refractivity (Wildman–Crippen MR) is 77.1 cm³/mol. The Hall–Kier alpha value is -1.40. The number of carbonyl (C=O) groups is 1. The number of hydrogen-bond donors (Lipinski definition) is 1. The monoisotopic (exact) mass is 297 g/mol. The summed E-state index contributed by atoms with van der Waals surface area (Å²) in [6.07, 6.45) is 0.201. The zero-order valence-electron chi connectivity index (χ0n) is 11.7. The van der Waals surface area contributed by atoms with Crippen molar-refractivity contribution in [2.75, 3.05) is 25.2 Å². The number of methoxy groups -OCH3 is 1. The summed E-state index contributed by atoms with van der Waals surface area (Å²) in [5.74, 6) is 0.852. The molecule has 110 valence electrons. The molecule has 1 fully saturated rings. The molecule has 1 N–H and O–H groups in total. The summed E-state index contributed by atoms with van der Waals surface area (Å²) in [6, 6.07) is 4.99. The highest BCUT2D eigenvalue weighted by Gasteiger charge is 2.26. The van der Waals surface area contributed by atoms with Crippen LogP contribution in [0, 0.1) is 6.92 Å². The number of sulfone groups is 1. The van der Waals surface area contributed by atoms with Crippen molar-refractivity contribution in [3.05, 3.63) is 29.3 Å². The van der Waals surface area contributed by atoms with E-state index in [1.165, 1.54) is 0 Å². The van der Waals surface area contributed by atoms with Gasteiger partial charge in [-0.1, -0.05) is 0 Å². The van der Waals surface area contributed by atoms with Crippen LogP contribution < -0.4 is 10.1 Å². The molecule has 1 heterocycles. The van der Waals surface area contributed by atoms with Crippen LogP contribution in [-0.4, -0.2) is 45.4 Å². The Labute approximate surface area is 119 Å². The van der Waals surface area contributed by atoms with E-state index in [1.54, 1.807) is 25.3 Å². The lowest BCUT2D eigenvalue weighted by Gasteiger charge is -2.23. The molecule has 1 saturated heterocycles. The van der Waals surface area contributed by atoms with Crippen molar-refractivity contribution in [3.8, 4) is 5.75 Å². The van der Waals surface area contributed by atoms with E-state index in [0.717, 1.165) is 5.56 Å². The van der Waals surface area contributed by atoms with Gasteiger partial charge in [0, 0.05) is 24.6 Å². The SMILES string of the molecule is COc1ccc(C(=O)CC2CS(=O)(=O)CCN2)c(C)c1. The van der Waals surface area contributed by atoms with Crippen molar-refractivity contribution in [1.82, 2.24) is 5.32 Å². The van der Waals surface area contributed by atoms with Crippen LogP contribution in [0.15, 0.2) is 18.2 Å². The van der Waals surface area contributed by atoms with E-state index >= 15 is 0 Å². The minimum atomic E-state index is -3.02. The van der Waals surface area contributed by atoms with E-state index in [4.69, 9.17) is 4.74 Å². The molecule has 0 aromatic heterocycles. The highest BCUT2D eigenvalue weighted by Crippen LogP contribution is 2.19. The fourth-order valence-electron chi connectivity index (χ4n) is 2.41. The summed E-state index contributed by atoms with van der Waals surface area (Å²) in [5, 5.41) is 3.09. The van der Waals surface area contributed by atoms with Gasteiger partial charge in [-0.2, -0.15) is 0 Å². The molecule has 6 heteroatoms. The highest BCUT2D eigenvalue weighted by molar-refractivity contribution is 7.91. The number of Topliss-reactive ketones (excluding diaryl/α,β-unsaturated/α-hetero) is 1. The van der Waals surface area contributed by atoms with Crippen LogP contribution in [0.3, 0.4) is 0 Å². The van der Waals surface area contributed by atoms with Gasteiger partial charge in [-0.3, -0.25) is 4.79 Å². The van der Waals surface area contributed by atoms with Gasteiger partial charge in [-0.15, -0.1) is 0 Å². The topological polar surface area (TPSA) is 72.5 Å². The van der Waals surface area contributed by atoms with E-state index in [9.17, 15) is 13.2 Å². The quantitative estimate of drug-likeness (QED) is 0.838. The Balaban J connectivity index is 2.08. The molecule has 0 saturated carbocycles. The van der Waals surface area contributed by atoms with Gasteiger partial charge in [-0.05, 0) is 30.7 Å². The van der Waals surface area contributed by atoms with Crippen molar-refractivity contribution in [2.45, 2.75) is 19.4 Å². The summed E-state index contributed by atoms with van der Waals surface area (Å²) < 4.78 is 28.2. The molecule has 0 bridgehead atoms. The minimum absolute atomic E-state index is 0.0357. The average molecular weight is 297 g/mol. The third-order valence-corrected chi connectivity index (χ3v) is 5.20. The Bertz CT molecular complexity index is 610. The first-order valence-corrected chi connectivity index (χ1v) is 8.35. The molecular formula is C14H19NO4S. The maximum absolute atomic E-state index is 12.3. The molecule has 1 unspecified atom stereocenters. The number of carbonyl (C=O) groups excluding carboxylic acids is 1. The number of rotatable bonds is 4. The van der Waals surface area contributed by atoms with Gasteiger partial charge < -0.3 is 10.1 Å². The van der Waals surface area contributed by atoms with Gasteiger partial charge in [-0.25, -0.2) is 8.42 Å². The van der Waals surface area contributed by atoms with E-state index in [0.29, 0.717) is 17.9 Å². The zero-order chi connectivity index (χ0) is 14.8. The standard InChI is InChI=1S/C14H19NO4S/c1-10-7-12(19-2)3-4-13(10)14(16)8-11-9-20(17,18)6-5-15-11/h3-4,7,11,15H,5-6,8-9H2,1-2H3. The summed E-state index contributed by atoms with van der Waals surface area (Å²) in [5.41, 5.74) is 1.46. The summed E-state index contributed by atoms with van der Waals surface area (Å²) in [6.45, 7) is 2.27. The second kappa shape index (κ2) is 5.93. The van der Waals surface area contributed by atoms with Gasteiger partial charge in [0.05, 0.1) is 18.6 Å². The number of benzene rings is 1. The van der Waals surface area contributed by atoms with Gasteiger partial charge in [0.2, 0.25) is 0 Å². The lowest BCUT2D eigenvalue weighted by molar-refractivity contribution is 0.0971. The van der Waals surface area contributed by atoms with Crippen molar-refractivity contribution in [2.24, 2.45) is 0 Å². The van der Waals surface area contributed by atoms with E-state index in [-0.39, 0.29) is 29.8 Å². The van der Waals surface area contributed by atoms with Crippen LogP contribution in [0.2, 0.25) is 0 Å². The molecule has 0 aliphatic carbocycles. The fraction of sp³-hybridized carbons (Fsp3) is 0.500. The van der Waals surface area contributed by atoms with Crippen molar-refractivity contribution < 1.29 is 17.9 Å². The van der Waals surface area contributed by atoms with Gasteiger partial charge in [0.25, 0.3) is 0 Å². The molecule has 1 atom stereocenters. The first kappa shape index (κ1) is 15.0. The second-order valence-electron chi connectivity index (χ2n) is 5.07. The van der Waals surface area contributed by atoms with Gasteiger partial charge in [0.1, 0.15) is 5.75 Å². The van der Waals surface area contributed by atoms with E-state index in [2.05, 4.69) is 5.32 Å². The average Bonchev–Trinajstić information content (AvgIpc) is 2.37. The molecule has 0 amide bonds. The number of aryl methyl sites for hydroxylation is 1.